The summed E-state index contributed by atoms with van der Waals surface area (Å²) in [6.07, 6.45) is 6.65. The van der Waals surface area contributed by atoms with Crippen LogP contribution in [-0.4, -0.2) is 62.1 Å². The number of amides is 1. The molecule has 1 amide bonds. The number of piperidine rings is 1. The molecule has 1 fully saturated rings. The molecule has 0 spiro atoms. The molecule has 4 nitrogen and oxygen atoms in total. The number of rotatable bonds is 10. The largest absolute Gasteiger partial charge is 0.384 e. The Kier molecular flexibility index (Phi) is 19.1. The predicted molar refractivity (Wildman–Crippen MR) is 140 cm³/mol. The van der Waals surface area contributed by atoms with Crippen LogP contribution < -0.4 is 0 Å². The summed E-state index contributed by atoms with van der Waals surface area (Å²) in [7, 11) is 1.65. The van der Waals surface area contributed by atoms with E-state index in [1.165, 1.54) is 51.7 Å². The van der Waals surface area contributed by atoms with Gasteiger partial charge in [-0.25, -0.2) is 0 Å². The number of likely N-dealkylation sites (tertiary alicyclic amines) is 1. The van der Waals surface area contributed by atoms with Crippen molar-refractivity contribution in [1.29, 1.82) is 0 Å². The van der Waals surface area contributed by atoms with Crippen LogP contribution in [0.25, 0.3) is 0 Å². The van der Waals surface area contributed by atoms with Crippen LogP contribution in [-0.2, 0) is 9.53 Å². The third-order valence-electron chi connectivity index (χ3n) is 5.57. The van der Waals surface area contributed by atoms with Gasteiger partial charge in [0.25, 0.3) is 0 Å². The number of methoxy groups -OCH3 is 1. The highest BCUT2D eigenvalue weighted by atomic mass is 35.5. The van der Waals surface area contributed by atoms with E-state index >= 15 is 0 Å². The van der Waals surface area contributed by atoms with E-state index < -0.39 is 0 Å². The zero-order chi connectivity index (χ0) is 24.4. The van der Waals surface area contributed by atoms with Crippen molar-refractivity contribution in [3.63, 3.8) is 0 Å². The van der Waals surface area contributed by atoms with Gasteiger partial charge < -0.3 is 14.5 Å². The number of nitrogens with zero attached hydrogens (tertiary/aromatic N) is 2. The second-order valence-electron chi connectivity index (χ2n) is 8.07. The van der Waals surface area contributed by atoms with Gasteiger partial charge in [-0.1, -0.05) is 63.0 Å². The summed E-state index contributed by atoms with van der Waals surface area (Å²) in [5, 5.41) is 1.27. The van der Waals surface area contributed by atoms with Gasteiger partial charge in [-0.3, -0.25) is 4.79 Å². The topological polar surface area (TPSA) is 32.8 Å². The molecule has 186 valence electrons. The Labute approximate surface area is 207 Å². The van der Waals surface area contributed by atoms with E-state index in [1.54, 1.807) is 13.2 Å². The molecule has 0 bridgehead atoms. The van der Waals surface area contributed by atoms with Crippen molar-refractivity contribution >= 4 is 29.1 Å². The molecule has 0 N–H and O–H groups in total. The van der Waals surface area contributed by atoms with Crippen molar-refractivity contribution in [2.45, 2.75) is 73.1 Å². The Morgan fingerprint density at radius 1 is 1.09 bits per heavy atom. The van der Waals surface area contributed by atoms with Crippen molar-refractivity contribution in [3.05, 3.63) is 33.8 Å². The van der Waals surface area contributed by atoms with Crippen LogP contribution in [0.2, 0.25) is 10.0 Å². The van der Waals surface area contributed by atoms with E-state index in [4.69, 9.17) is 27.9 Å². The smallest absolute Gasteiger partial charge is 0.224 e. The van der Waals surface area contributed by atoms with Crippen LogP contribution in [0.4, 0.5) is 0 Å². The minimum absolute atomic E-state index is 0.258. The molecule has 1 saturated heterocycles. The number of hydrogen-bond donors (Lipinski definition) is 0. The number of carbonyl (C=O) groups excluding carboxylic acids is 1. The molecule has 6 heteroatoms. The monoisotopic (exact) mass is 488 g/mol. The van der Waals surface area contributed by atoms with E-state index in [-0.39, 0.29) is 5.91 Å². The Balaban J connectivity index is 0.000000723. The molecule has 2 rings (SSSR count). The molecule has 0 radical (unpaired) electrons. The van der Waals surface area contributed by atoms with E-state index in [9.17, 15) is 4.79 Å². The van der Waals surface area contributed by atoms with Crippen molar-refractivity contribution in [1.82, 2.24) is 9.80 Å². The minimum Gasteiger partial charge on any atom is -0.384 e. The lowest BCUT2D eigenvalue weighted by Crippen LogP contribution is -2.39. The first-order valence-corrected chi connectivity index (χ1v) is 13.1. The highest BCUT2D eigenvalue weighted by molar-refractivity contribution is 6.42. The number of ether oxygens (including phenoxy) is 1. The first-order valence-electron chi connectivity index (χ1n) is 12.3. The maximum absolute atomic E-state index is 11.9. The average Bonchev–Trinajstić information content (AvgIpc) is 2.82. The molecule has 0 aliphatic carbocycles. The molecular weight excluding hydrogens is 443 g/mol. The van der Waals surface area contributed by atoms with Gasteiger partial charge in [0.05, 0.1) is 23.1 Å². The van der Waals surface area contributed by atoms with Crippen LogP contribution in [0.3, 0.4) is 0 Å². The normalized spacial score (nSPS) is 13.8. The van der Waals surface area contributed by atoms with Crippen molar-refractivity contribution < 1.29 is 9.53 Å². The number of aryl methyl sites for hydroxylation is 1. The Bertz CT molecular complexity index is 579. The fourth-order valence-corrected chi connectivity index (χ4v) is 4.11. The minimum atomic E-state index is 0.258. The van der Waals surface area contributed by atoms with Crippen LogP contribution in [0.1, 0.15) is 71.8 Å². The molecule has 1 aliphatic rings. The molecule has 1 aliphatic heterocycles. The van der Waals surface area contributed by atoms with Crippen LogP contribution >= 0.6 is 23.2 Å². The van der Waals surface area contributed by atoms with Gasteiger partial charge in [0.2, 0.25) is 5.91 Å². The molecule has 0 atom stereocenters. The summed E-state index contributed by atoms with van der Waals surface area (Å²) >= 11 is 11.4. The summed E-state index contributed by atoms with van der Waals surface area (Å²) in [6.45, 7) is 16.5. The summed E-state index contributed by atoms with van der Waals surface area (Å²) in [4.78, 5) is 16.6. The van der Waals surface area contributed by atoms with Gasteiger partial charge in [-0.05, 0) is 76.2 Å². The molecule has 0 aromatic heterocycles. The second kappa shape index (κ2) is 19.6. The summed E-state index contributed by atoms with van der Waals surface area (Å²) < 4.78 is 4.98. The maximum atomic E-state index is 11.9. The molecule has 1 aromatic carbocycles. The first kappa shape index (κ1) is 31.2. The number of halogens is 2. The van der Waals surface area contributed by atoms with Gasteiger partial charge in [-0.2, -0.15) is 0 Å². The van der Waals surface area contributed by atoms with Crippen LogP contribution in [0.5, 0.6) is 0 Å². The molecular formula is C26H46Cl2N2O2. The van der Waals surface area contributed by atoms with E-state index in [0.717, 1.165) is 24.6 Å². The van der Waals surface area contributed by atoms with Crippen molar-refractivity contribution in [2.75, 3.05) is 46.4 Å². The predicted octanol–water partition coefficient (Wildman–Crippen LogP) is 7.10. The number of carbonyl (C=O) groups is 1. The summed E-state index contributed by atoms with van der Waals surface area (Å²) in [5.74, 6) is 1.06. The molecule has 1 aromatic rings. The highest BCUT2D eigenvalue weighted by Gasteiger charge is 2.22. The third kappa shape index (κ3) is 13.0. The standard InChI is InChI=1S/C17H34N2O2.C7H6Cl2.C2H6/c1-4-10-18(11-5-2)12-6-16-7-13-19(14-8-16)17(20)9-15-21-3;1-5-3-2-4-6(8)7(5)9;1-2/h16H,4-15H2,1-3H3;2-4H,1H3;1-2H3. The maximum Gasteiger partial charge on any atom is 0.224 e. The van der Waals surface area contributed by atoms with E-state index in [2.05, 4.69) is 18.7 Å². The number of benzene rings is 1. The Hall–Kier alpha value is -0.810. The lowest BCUT2D eigenvalue weighted by Gasteiger charge is -2.33. The first-order chi connectivity index (χ1) is 15.4. The van der Waals surface area contributed by atoms with Gasteiger partial charge in [0.1, 0.15) is 0 Å². The zero-order valence-corrected chi connectivity index (χ0v) is 22.8. The van der Waals surface area contributed by atoms with Crippen molar-refractivity contribution in [3.8, 4) is 0 Å². The van der Waals surface area contributed by atoms with E-state index in [1.807, 2.05) is 37.8 Å². The van der Waals surface area contributed by atoms with E-state index in [0.29, 0.717) is 23.1 Å². The quantitative estimate of drug-likeness (QED) is 0.351. The molecule has 0 unspecified atom stereocenters. The lowest BCUT2D eigenvalue weighted by molar-refractivity contribution is -0.133. The number of hydrogen-bond acceptors (Lipinski definition) is 3. The Morgan fingerprint density at radius 3 is 2.16 bits per heavy atom. The third-order valence-corrected chi connectivity index (χ3v) is 6.48. The van der Waals surface area contributed by atoms with Gasteiger partial charge in [-0.15, -0.1) is 0 Å². The van der Waals surface area contributed by atoms with Crippen LogP contribution in [0.15, 0.2) is 18.2 Å². The average molecular weight is 490 g/mol. The highest BCUT2D eigenvalue weighted by Crippen LogP contribution is 2.24. The van der Waals surface area contributed by atoms with Gasteiger partial charge >= 0.3 is 0 Å². The Morgan fingerprint density at radius 2 is 1.69 bits per heavy atom. The van der Waals surface area contributed by atoms with Gasteiger partial charge in [0.15, 0.2) is 0 Å². The molecule has 0 saturated carbocycles. The summed E-state index contributed by atoms with van der Waals surface area (Å²) in [6, 6.07) is 5.58. The fourth-order valence-electron chi connectivity index (χ4n) is 3.76. The fraction of sp³-hybridized carbons (Fsp3) is 0.731. The van der Waals surface area contributed by atoms with Gasteiger partial charge in [0, 0.05) is 20.2 Å². The molecule has 1 heterocycles. The molecule has 32 heavy (non-hydrogen) atoms. The van der Waals surface area contributed by atoms with Crippen LogP contribution in [0, 0.1) is 12.8 Å². The SMILES string of the molecule is CC.CCCN(CCC)CCC1CCN(C(=O)CCOC)CC1.Cc1cccc(Cl)c1Cl. The van der Waals surface area contributed by atoms with Crippen molar-refractivity contribution in [2.24, 2.45) is 5.92 Å². The summed E-state index contributed by atoms with van der Waals surface area (Å²) in [5.41, 5.74) is 1.02. The lowest BCUT2D eigenvalue weighted by atomic mass is 9.93. The second-order valence-corrected chi connectivity index (χ2v) is 8.85. The zero-order valence-electron chi connectivity index (χ0n) is 21.3.